The van der Waals surface area contributed by atoms with Gasteiger partial charge in [-0.25, -0.2) is 0 Å². The van der Waals surface area contributed by atoms with E-state index < -0.39 is 4.92 Å². The van der Waals surface area contributed by atoms with Gasteiger partial charge in [0.25, 0.3) is 0 Å². The van der Waals surface area contributed by atoms with Crippen molar-refractivity contribution in [3.8, 4) is 5.75 Å². The number of anilines is 1. The summed E-state index contributed by atoms with van der Waals surface area (Å²) in [6.07, 6.45) is 1.71. The number of nitro groups is 1. The van der Waals surface area contributed by atoms with E-state index in [9.17, 15) is 14.9 Å². The van der Waals surface area contributed by atoms with E-state index in [0.717, 1.165) is 19.4 Å². The van der Waals surface area contributed by atoms with Gasteiger partial charge < -0.3 is 9.64 Å². The van der Waals surface area contributed by atoms with Crippen LogP contribution in [0.5, 0.6) is 5.75 Å². The molecule has 20 heavy (non-hydrogen) atoms. The zero-order chi connectivity index (χ0) is 14.7. The van der Waals surface area contributed by atoms with Crippen molar-refractivity contribution in [1.82, 2.24) is 0 Å². The molecule has 1 fully saturated rings. The van der Waals surface area contributed by atoms with Crippen LogP contribution in [0.2, 0.25) is 0 Å². The van der Waals surface area contributed by atoms with Gasteiger partial charge in [0.15, 0.2) is 5.75 Å². The predicted octanol–water partition coefficient (Wildman–Crippen LogP) is 2.41. The minimum Gasteiger partial charge on any atom is -0.490 e. The van der Waals surface area contributed by atoms with Gasteiger partial charge in [0.05, 0.1) is 12.0 Å². The van der Waals surface area contributed by atoms with E-state index in [4.69, 9.17) is 4.74 Å². The van der Waals surface area contributed by atoms with Gasteiger partial charge in [-0.05, 0) is 31.9 Å². The van der Waals surface area contributed by atoms with Crippen LogP contribution in [0, 0.1) is 16.0 Å². The monoisotopic (exact) mass is 278 g/mol. The van der Waals surface area contributed by atoms with Crippen molar-refractivity contribution in [3.05, 3.63) is 28.3 Å². The molecule has 6 heteroatoms. The number of piperidine rings is 1. The number of nitrogens with zero attached hydrogens (tertiary/aromatic N) is 2. The summed E-state index contributed by atoms with van der Waals surface area (Å²) in [7, 11) is 1.42. The molecule has 6 nitrogen and oxygen atoms in total. The molecular weight excluding hydrogens is 260 g/mol. The van der Waals surface area contributed by atoms with Gasteiger partial charge in [-0.15, -0.1) is 0 Å². The first kappa shape index (κ1) is 14.3. The van der Waals surface area contributed by atoms with E-state index in [-0.39, 0.29) is 23.1 Å². The summed E-state index contributed by atoms with van der Waals surface area (Å²) in [5.74, 6) is 0.340. The molecule has 0 amide bonds. The molecule has 1 atom stereocenters. The average Bonchev–Trinajstić information content (AvgIpc) is 2.46. The van der Waals surface area contributed by atoms with Crippen molar-refractivity contribution in [2.75, 3.05) is 25.1 Å². The minimum absolute atomic E-state index is 0.0285. The SMILES string of the molecule is COc1cccc(N2CCCC(C(C)=O)C2)c1[N+](=O)[O-]. The number of carbonyl (C=O) groups is 1. The Morgan fingerprint density at radius 1 is 1.50 bits per heavy atom. The van der Waals surface area contributed by atoms with Gasteiger partial charge in [0.2, 0.25) is 0 Å². The van der Waals surface area contributed by atoms with Crippen LogP contribution in [0.1, 0.15) is 19.8 Å². The lowest BCUT2D eigenvalue weighted by Crippen LogP contribution is -2.38. The Bertz CT molecular complexity index is 530. The molecule has 108 valence electrons. The number of methoxy groups -OCH3 is 1. The highest BCUT2D eigenvalue weighted by molar-refractivity contribution is 5.80. The van der Waals surface area contributed by atoms with Gasteiger partial charge in [-0.2, -0.15) is 0 Å². The molecule has 1 aromatic rings. The zero-order valence-corrected chi connectivity index (χ0v) is 11.7. The summed E-state index contributed by atoms with van der Waals surface area (Å²) in [5, 5.41) is 11.3. The van der Waals surface area contributed by atoms with Crippen LogP contribution in [0.25, 0.3) is 0 Å². The Morgan fingerprint density at radius 3 is 2.85 bits per heavy atom. The number of hydrogen-bond donors (Lipinski definition) is 0. The van der Waals surface area contributed by atoms with Crippen molar-refractivity contribution in [3.63, 3.8) is 0 Å². The number of rotatable bonds is 4. The van der Waals surface area contributed by atoms with Crippen molar-refractivity contribution < 1.29 is 14.5 Å². The molecule has 1 aliphatic rings. The summed E-state index contributed by atoms with van der Waals surface area (Å²) in [4.78, 5) is 24.3. The van der Waals surface area contributed by atoms with E-state index in [2.05, 4.69) is 0 Å². The van der Waals surface area contributed by atoms with E-state index in [1.807, 2.05) is 4.90 Å². The third-order valence-electron chi connectivity index (χ3n) is 3.72. The van der Waals surface area contributed by atoms with Gasteiger partial charge in [0.1, 0.15) is 11.5 Å². The standard InChI is InChI=1S/C14H18N2O4/c1-10(17)11-5-4-8-15(9-11)12-6-3-7-13(20-2)14(12)16(18)19/h3,6-7,11H,4-5,8-9H2,1-2H3. The lowest BCUT2D eigenvalue weighted by molar-refractivity contribution is -0.385. The van der Waals surface area contributed by atoms with Crippen LogP contribution < -0.4 is 9.64 Å². The first-order valence-corrected chi connectivity index (χ1v) is 6.61. The zero-order valence-electron chi connectivity index (χ0n) is 11.7. The molecule has 0 radical (unpaired) electrons. The number of Topliss-reactive ketones (excluding diaryl/α,β-unsaturated/α-hetero) is 1. The third kappa shape index (κ3) is 2.74. The first-order valence-electron chi connectivity index (χ1n) is 6.61. The highest BCUT2D eigenvalue weighted by atomic mass is 16.6. The smallest absolute Gasteiger partial charge is 0.333 e. The molecule has 0 bridgehead atoms. The maximum Gasteiger partial charge on any atom is 0.333 e. The lowest BCUT2D eigenvalue weighted by Gasteiger charge is -2.33. The number of para-hydroxylation sites is 1. The maximum atomic E-state index is 11.5. The van der Waals surface area contributed by atoms with Crippen molar-refractivity contribution in [1.29, 1.82) is 0 Å². The Balaban J connectivity index is 2.37. The summed E-state index contributed by atoms with van der Waals surface area (Å²) < 4.78 is 5.08. The number of carbonyl (C=O) groups excluding carboxylic acids is 1. The molecule has 1 heterocycles. The predicted molar refractivity (Wildman–Crippen MR) is 75.3 cm³/mol. The van der Waals surface area contributed by atoms with Crippen LogP contribution in [0.4, 0.5) is 11.4 Å². The molecule has 0 aromatic heterocycles. The lowest BCUT2D eigenvalue weighted by atomic mass is 9.94. The maximum absolute atomic E-state index is 11.5. The largest absolute Gasteiger partial charge is 0.490 e. The quantitative estimate of drug-likeness (QED) is 0.624. The number of benzene rings is 1. The van der Waals surface area contributed by atoms with Crippen molar-refractivity contribution >= 4 is 17.2 Å². The molecular formula is C14H18N2O4. The molecule has 0 aliphatic carbocycles. The fourth-order valence-electron chi connectivity index (χ4n) is 2.64. The van der Waals surface area contributed by atoms with Crippen LogP contribution in [-0.2, 0) is 4.79 Å². The highest BCUT2D eigenvalue weighted by Gasteiger charge is 2.29. The topological polar surface area (TPSA) is 72.7 Å². The molecule has 1 saturated heterocycles. The van der Waals surface area contributed by atoms with Crippen molar-refractivity contribution in [2.45, 2.75) is 19.8 Å². The minimum atomic E-state index is -0.425. The summed E-state index contributed by atoms with van der Waals surface area (Å²) in [5.41, 5.74) is 0.500. The van der Waals surface area contributed by atoms with E-state index >= 15 is 0 Å². The Hall–Kier alpha value is -2.11. The average molecular weight is 278 g/mol. The summed E-state index contributed by atoms with van der Waals surface area (Å²) in [6.45, 7) is 2.83. The van der Waals surface area contributed by atoms with Crippen LogP contribution in [0.15, 0.2) is 18.2 Å². The van der Waals surface area contributed by atoms with Gasteiger partial charge >= 0.3 is 5.69 Å². The summed E-state index contributed by atoms with van der Waals surface area (Å²) in [6, 6.07) is 5.02. The number of ketones is 1. The second-order valence-corrected chi connectivity index (χ2v) is 4.98. The van der Waals surface area contributed by atoms with E-state index in [1.165, 1.54) is 7.11 Å². The number of nitro benzene ring substituents is 1. The second kappa shape index (κ2) is 5.90. The normalized spacial score (nSPS) is 18.7. The fraction of sp³-hybridized carbons (Fsp3) is 0.500. The molecule has 1 unspecified atom stereocenters. The Kier molecular flexibility index (Phi) is 4.22. The molecule has 1 aliphatic heterocycles. The van der Waals surface area contributed by atoms with Gasteiger partial charge in [-0.3, -0.25) is 14.9 Å². The third-order valence-corrected chi connectivity index (χ3v) is 3.72. The van der Waals surface area contributed by atoms with Crippen LogP contribution in [0.3, 0.4) is 0 Å². The molecule has 0 N–H and O–H groups in total. The highest BCUT2D eigenvalue weighted by Crippen LogP contribution is 2.38. The Labute approximate surface area is 117 Å². The number of hydrogen-bond acceptors (Lipinski definition) is 5. The Morgan fingerprint density at radius 2 is 2.25 bits per heavy atom. The molecule has 2 rings (SSSR count). The van der Waals surface area contributed by atoms with Crippen LogP contribution in [-0.4, -0.2) is 30.9 Å². The first-order chi connectivity index (χ1) is 9.54. The van der Waals surface area contributed by atoms with E-state index in [0.29, 0.717) is 12.2 Å². The molecule has 0 saturated carbocycles. The second-order valence-electron chi connectivity index (χ2n) is 4.98. The van der Waals surface area contributed by atoms with Gasteiger partial charge in [0, 0.05) is 19.0 Å². The summed E-state index contributed by atoms with van der Waals surface area (Å²) >= 11 is 0. The van der Waals surface area contributed by atoms with E-state index in [1.54, 1.807) is 25.1 Å². The van der Waals surface area contributed by atoms with Gasteiger partial charge in [-0.1, -0.05) is 6.07 Å². The van der Waals surface area contributed by atoms with Crippen molar-refractivity contribution in [2.24, 2.45) is 5.92 Å². The molecule has 0 spiro atoms. The number of ether oxygens (including phenoxy) is 1. The van der Waals surface area contributed by atoms with Crippen LogP contribution >= 0.6 is 0 Å². The fourth-order valence-corrected chi connectivity index (χ4v) is 2.64. The molecule has 1 aromatic carbocycles.